The van der Waals surface area contributed by atoms with Crippen LogP contribution in [0, 0.1) is 5.92 Å². The smallest absolute Gasteiger partial charge is 0.0899 e. The van der Waals surface area contributed by atoms with Gasteiger partial charge >= 0.3 is 0 Å². The zero-order valence-electron chi connectivity index (χ0n) is 4.29. The summed E-state index contributed by atoms with van der Waals surface area (Å²) in [5.74, 6) is 1.16. The third-order valence-corrected chi connectivity index (χ3v) is 0.594. The summed E-state index contributed by atoms with van der Waals surface area (Å²) in [5.41, 5.74) is 0. The van der Waals surface area contributed by atoms with Crippen molar-refractivity contribution >= 4 is 0 Å². The van der Waals surface area contributed by atoms with Gasteiger partial charge in [0.25, 0.3) is 0 Å². The van der Waals surface area contributed by atoms with E-state index in [-0.39, 0.29) is 6.67 Å². The van der Waals surface area contributed by atoms with Gasteiger partial charge in [-0.15, -0.1) is 0 Å². The molecule has 0 spiro atoms. The molecule has 37 valence electrons. The van der Waals surface area contributed by atoms with E-state index in [4.69, 9.17) is 0 Å². The van der Waals surface area contributed by atoms with E-state index in [1.165, 1.54) is 0 Å². The van der Waals surface area contributed by atoms with Crippen LogP contribution in [-0.4, -0.2) is 6.67 Å². The molecule has 0 heterocycles. The SMILES string of the molecule is C[C](C)CCF. The average molecular weight is 89.1 g/mol. The molecule has 0 aromatic rings. The van der Waals surface area contributed by atoms with Gasteiger partial charge in [-0.3, -0.25) is 4.39 Å². The topological polar surface area (TPSA) is 0 Å². The molecule has 0 bridgehead atoms. The Bertz CT molecular complexity index is 25.1. The second-order valence-electron chi connectivity index (χ2n) is 1.65. The summed E-state index contributed by atoms with van der Waals surface area (Å²) in [7, 11) is 0. The molecule has 6 heavy (non-hydrogen) atoms. The highest BCUT2D eigenvalue weighted by atomic mass is 19.1. The first-order valence-corrected chi connectivity index (χ1v) is 2.12. The number of hydrogen-bond acceptors (Lipinski definition) is 0. The molecule has 0 aliphatic carbocycles. The van der Waals surface area contributed by atoms with Crippen LogP contribution >= 0.6 is 0 Å². The number of rotatable bonds is 2. The van der Waals surface area contributed by atoms with E-state index >= 15 is 0 Å². The first-order chi connectivity index (χ1) is 2.77. The molecule has 0 saturated heterocycles. The van der Waals surface area contributed by atoms with Crippen LogP contribution in [0.1, 0.15) is 20.3 Å². The van der Waals surface area contributed by atoms with Gasteiger partial charge in [-0.25, -0.2) is 0 Å². The molecule has 0 fully saturated rings. The number of alkyl halides is 1. The monoisotopic (exact) mass is 89.1 g/mol. The van der Waals surface area contributed by atoms with Gasteiger partial charge < -0.3 is 0 Å². The minimum Gasteiger partial charge on any atom is -0.251 e. The highest BCUT2D eigenvalue weighted by molar-refractivity contribution is 4.74. The third-order valence-electron chi connectivity index (χ3n) is 0.594. The van der Waals surface area contributed by atoms with Crippen molar-refractivity contribution in [3.8, 4) is 0 Å². The molecule has 0 N–H and O–H groups in total. The van der Waals surface area contributed by atoms with Crippen molar-refractivity contribution in [2.45, 2.75) is 20.3 Å². The Kier molecular flexibility index (Phi) is 3.10. The maximum atomic E-state index is 11.2. The molecule has 0 saturated carbocycles. The van der Waals surface area contributed by atoms with Gasteiger partial charge in [0.2, 0.25) is 0 Å². The summed E-state index contributed by atoms with van der Waals surface area (Å²) in [6, 6.07) is 0. The molecule has 0 aromatic carbocycles. The fraction of sp³-hybridized carbons (Fsp3) is 0.800. The van der Waals surface area contributed by atoms with Crippen LogP contribution in [0.2, 0.25) is 0 Å². The molecule has 0 aromatic heterocycles. The fourth-order valence-corrected chi connectivity index (χ4v) is 0.189. The maximum absolute atomic E-state index is 11.2. The van der Waals surface area contributed by atoms with Crippen LogP contribution in [-0.2, 0) is 0 Å². The lowest BCUT2D eigenvalue weighted by atomic mass is 10.2. The van der Waals surface area contributed by atoms with Gasteiger partial charge in [-0.2, -0.15) is 0 Å². The lowest BCUT2D eigenvalue weighted by Gasteiger charge is -1.93. The minimum atomic E-state index is -0.206. The van der Waals surface area contributed by atoms with E-state index in [1.54, 1.807) is 0 Å². The standard InChI is InChI=1S/C5H10F/c1-5(2)3-4-6/h3-4H2,1-2H3. The quantitative estimate of drug-likeness (QED) is 0.485. The van der Waals surface area contributed by atoms with Gasteiger partial charge in [0, 0.05) is 0 Å². The molecule has 0 atom stereocenters. The Morgan fingerprint density at radius 1 is 1.50 bits per heavy atom. The first-order valence-electron chi connectivity index (χ1n) is 2.12. The average Bonchev–Trinajstić information content (AvgIpc) is 1.35. The van der Waals surface area contributed by atoms with Gasteiger partial charge in [-0.1, -0.05) is 13.8 Å². The summed E-state index contributed by atoms with van der Waals surface area (Å²) < 4.78 is 11.2. The predicted molar refractivity (Wildman–Crippen MR) is 25.2 cm³/mol. The van der Waals surface area contributed by atoms with Gasteiger partial charge in [0.1, 0.15) is 0 Å². The molecule has 0 aliphatic rings. The zero-order valence-corrected chi connectivity index (χ0v) is 4.29. The first kappa shape index (κ1) is 5.93. The van der Waals surface area contributed by atoms with E-state index in [1.807, 2.05) is 13.8 Å². The Labute approximate surface area is 38.4 Å². The normalized spacial score (nSPS) is 10.0. The Morgan fingerprint density at radius 2 is 2.00 bits per heavy atom. The molecular formula is C5H10F. The van der Waals surface area contributed by atoms with Gasteiger partial charge in [0.15, 0.2) is 0 Å². The number of hydrogen-bond donors (Lipinski definition) is 0. The zero-order chi connectivity index (χ0) is 4.99. The maximum Gasteiger partial charge on any atom is 0.0899 e. The van der Waals surface area contributed by atoms with Crippen molar-refractivity contribution in [1.29, 1.82) is 0 Å². The van der Waals surface area contributed by atoms with Crippen molar-refractivity contribution in [1.82, 2.24) is 0 Å². The van der Waals surface area contributed by atoms with Crippen LogP contribution in [0.25, 0.3) is 0 Å². The summed E-state index contributed by atoms with van der Waals surface area (Å²) in [6.07, 6.45) is 0.625. The van der Waals surface area contributed by atoms with Crippen molar-refractivity contribution in [3.05, 3.63) is 5.92 Å². The minimum absolute atomic E-state index is 0.206. The van der Waals surface area contributed by atoms with Crippen molar-refractivity contribution in [3.63, 3.8) is 0 Å². The molecule has 1 heteroatoms. The lowest BCUT2D eigenvalue weighted by Crippen LogP contribution is -1.83. The van der Waals surface area contributed by atoms with E-state index in [0.29, 0.717) is 6.42 Å². The van der Waals surface area contributed by atoms with Crippen molar-refractivity contribution < 1.29 is 4.39 Å². The van der Waals surface area contributed by atoms with Crippen LogP contribution in [0.4, 0.5) is 4.39 Å². The molecule has 0 nitrogen and oxygen atoms in total. The van der Waals surface area contributed by atoms with E-state index in [2.05, 4.69) is 0 Å². The molecule has 0 unspecified atom stereocenters. The van der Waals surface area contributed by atoms with E-state index in [9.17, 15) is 4.39 Å². The fourth-order valence-electron chi connectivity index (χ4n) is 0.189. The summed E-state index contributed by atoms with van der Waals surface area (Å²) in [5, 5.41) is 0. The van der Waals surface area contributed by atoms with Crippen LogP contribution in [0.15, 0.2) is 0 Å². The number of halogens is 1. The summed E-state index contributed by atoms with van der Waals surface area (Å²) >= 11 is 0. The highest BCUT2D eigenvalue weighted by Gasteiger charge is 1.88. The van der Waals surface area contributed by atoms with E-state index in [0.717, 1.165) is 5.92 Å². The highest BCUT2D eigenvalue weighted by Crippen LogP contribution is 1.99. The van der Waals surface area contributed by atoms with Crippen LogP contribution in [0.5, 0.6) is 0 Å². The summed E-state index contributed by atoms with van der Waals surface area (Å²) in [4.78, 5) is 0. The Balaban J connectivity index is 2.63. The van der Waals surface area contributed by atoms with Crippen molar-refractivity contribution in [2.24, 2.45) is 0 Å². The lowest BCUT2D eigenvalue weighted by molar-refractivity contribution is 0.480. The second-order valence-corrected chi connectivity index (χ2v) is 1.65. The molecule has 0 rings (SSSR count). The van der Waals surface area contributed by atoms with Gasteiger partial charge in [-0.05, 0) is 12.3 Å². The Hall–Kier alpha value is -0.0700. The Morgan fingerprint density at radius 3 is 2.00 bits per heavy atom. The van der Waals surface area contributed by atoms with E-state index < -0.39 is 0 Å². The second kappa shape index (κ2) is 3.13. The molecule has 1 radical (unpaired) electrons. The van der Waals surface area contributed by atoms with Crippen molar-refractivity contribution in [2.75, 3.05) is 6.67 Å². The van der Waals surface area contributed by atoms with Gasteiger partial charge in [0.05, 0.1) is 6.67 Å². The molecule has 0 aliphatic heterocycles. The van der Waals surface area contributed by atoms with Crippen LogP contribution < -0.4 is 0 Å². The van der Waals surface area contributed by atoms with Crippen LogP contribution in [0.3, 0.4) is 0 Å². The largest absolute Gasteiger partial charge is 0.251 e. The molecule has 0 amide bonds. The molecular weight excluding hydrogens is 79.1 g/mol. The summed E-state index contributed by atoms with van der Waals surface area (Å²) in [6.45, 7) is 3.65. The predicted octanol–water partition coefficient (Wildman–Crippen LogP) is 1.96. The third kappa shape index (κ3) is 3.93.